The van der Waals surface area contributed by atoms with E-state index in [0.29, 0.717) is 17.8 Å². The molecule has 0 radical (unpaired) electrons. The average Bonchev–Trinajstić information content (AvgIpc) is 2.76. The van der Waals surface area contributed by atoms with Crippen molar-refractivity contribution in [1.29, 1.82) is 0 Å². The molecule has 144 valence electrons. The van der Waals surface area contributed by atoms with Crippen molar-refractivity contribution < 1.29 is 4.39 Å². The van der Waals surface area contributed by atoms with Crippen LogP contribution in [0.1, 0.15) is 5.56 Å². The van der Waals surface area contributed by atoms with Gasteiger partial charge in [0, 0.05) is 22.1 Å². The highest BCUT2D eigenvalue weighted by molar-refractivity contribution is 7.98. The van der Waals surface area contributed by atoms with Crippen LogP contribution in [0.3, 0.4) is 0 Å². The molecule has 1 heterocycles. The van der Waals surface area contributed by atoms with E-state index >= 15 is 0 Å². The first kappa shape index (κ1) is 19.2. The van der Waals surface area contributed by atoms with Crippen LogP contribution < -0.4 is 5.56 Å². The maximum Gasteiger partial charge on any atom is 0.267 e. The Morgan fingerprint density at radius 3 is 2.21 bits per heavy atom. The van der Waals surface area contributed by atoms with Gasteiger partial charge in [-0.1, -0.05) is 54.6 Å². The van der Waals surface area contributed by atoms with Crippen molar-refractivity contribution >= 4 is 11.8 Å². The fourth-order valence-corrected chi connectivity index (χ4v) is 3.58. The number of aromatic nitrogens is 2. The molecule has 0 unspecified atom stereocenters. The second-order valence-corrected chi connectivity index (χ2v) is 7.50. The Kier molecular flexibility index (Phi) is 5.58. The Morgan fingerprint density at radius 2 is 1.55 bits per heavy atom. The minimum Gasteiger partial charge on any atom is -0.268 e. The summed E-state index contributed by atoms with van der Waals surface area (Å²) in [6.07, 6.45) is 2.03. The standard InChI is InChI=1S/C24H19FN2OS/c1-29-21-13-9-19(10-14-21)24-22(18-7-11-20(25)12-8-18)15-23(28)27(26-24)16-17-5-3-2-4-6-17/h2-15H,16H2,1H3. The quantitative estimate of drug-likeness (QED) is 0.414. The highest BCUT2D eigenvalue weighted by atomic mass is 32.2. The molecule has 0 spiro atoms. The van der Waals surface area contributed by atoms with Gasteiger partial charge in [-0.05, 0) is 41.6 Å². The van der Waals surface area contributed by atoms with Crippen LogP contribution in [0, 0.1) is 5.82 Å². The van der Waals surface area contributed by atoms with Gasteiger partial charge in [0.1, 0.15) is 5.82 Å². The van der Waals surface area contributed by atoms with Crippen LogP contribution in [-0.4, -0.2) is 16.0 Å². The minimum absolute atomic E-state index is 0.197. The average molecular weight is 402 g/mol. The number of nitrogens with zero attached hydrogens (tertiary/aromatic N) is 2. The van der Waals surface area contributed by atoms with E-state index in [1.807, 2.05) is 60.9 Å². The lowest BCUT2D eigenvalue weighted by molar-refractivity contribution is 0.628. The molecule has 0 fully saturated rings. The first-order valence-corrected chi connectivity index (χ1v) is 10.4. The number of hydrogen-bond donors (Lipinski definition) is 0. The van der Waals surface area contributed by atoms with Gasteiger partial charge in [0.05, 0.1) is 12.2 Å². The first-order valence-electron chi connectivity index (χ1n) is 9.20. The van der Waals surface area contributed by atoms with Crippen molar-refractivity contribution in [2.45, 2.75) is 11.4 Å². The van der Waals surface area contributed by atoms with Gasteiger partial charge in [-0.2, -0.15) is 5.10 Å². The molecule has 3 aromatic carbocycles. The third kappa shape index (κ3) is 4.30. The van der Waals surface area contributed by atoms with E-state index in [0.717, 1.165) is 21.6 Å². The molecule has 0 N–H and O–H groups in total. The SMILES string of the molecule is CSc1ccc(-c2nn(Cc3ccccc3)c(=O)cc2-c2ccc(F)cc2)cc1. The lowest BCUT2D eigenvalue weighted by Crippen LogP contribution is -2.23. The van der Waals surface area contributed by atoms with Crippen LogP contribution in [0.15, 0.2) is 94.6 Å². The van der Waals surface area contributed by atoms with Gasteiger partial charge in [-0.25, -0.2) is 9.07 Å². The molecule has 0 aliphatic heterocycles. The van der Waals surface area contributed by atoms with E-state index < -0.39 is 0 Å². The largest absolute Gasteiger partial charge is 0.268 e. The van der Waals surface area contributed by atoms with Gasteiger partial charge in [0.25, 0.3) is 5.56 Å². The molecule has 0 saturated heterocycles. The van der Waals surface area contributed by atoms with E-state index in [2.05, 4.69) is 0 Å². The van der Waals surface area contributed by atoms with Gasteiger partial charge >= 0.3 is 0 Å². The van der Waals surface area contributed by atoms with Crippen LogP contribution >= 0.6 is 11.8 Å². The summed E-state index contributed by atoms with van der Waals surface area (Å²) in [5.41, 5.74) is 3.85. The zero-order valence-corrected chi connectivity index (χ0v) is 16.7. The molecular weight excluding hydrogens is 383 g/mol. The minimum atomic E-state index is -0.315. The normalized spacial score (nSPS) is 10.8. The summed E-state index contributed by atoms with van der Waals surface area (Å²) in [6, 6.07) is 25.5. The Labute approximate surface area is 172 Å². The smallest absolute Gasteiger partial charge is 0.267 e. The second-order valence-electron chi connectivity index (χ2n) is 6.62. The van der Waals surface area contributed by atoms with Crippen molar-refractivity contribution in [3.05, 3.63) is 107 Å². The zero-order chi connectivity index (χ0) is 20.2. The van der Waals surface area contributed by atoms with Crippen LogP contribution in [0.25, 0.3) is 22.4 Å². The molecule has 0 bridgehead atoms. The molecule has 0 saturated carbocycles. The highest BCUT2D eigenvalue weighted by Crippen LogP contribution is 2.30. The lowest BCUT2D eigenvalue weighted by atomic mass is 10.00. The summed E-state index contributed by atoms with van der Waals surface area (Å²) in [6.45, 7) is 0.388. The Morgan fingerprint density at radius 1 is 0.897 bits per heavy atom. The second kappa shape index (κ2) is 8.45. The van der Waals surface area contributed by atoms with Crippen molar-refractivity contribution in [2.24, 2.45) is 0 Å². The molecule has 4 aromatic rings. The third-order valence-electron chi connectivity index (χ3n) is 4.69. The van der Waals surface area contributed by atoms with Crippen LogP contribution in [0.4, 0.5) is 4.39 Å². The van der Waals surface area contributed by atoms with Gasteiger partial charge in [0.2, 0.25) is 0 Å². The highest BCUT2D eigenvalue weighted by Gasteiger charge is 2.14. The fourth-order valence-electron chi connectivity index (χ4n) is 3.17. The molecule has 29 heavy (non-hydrogen) atoms. The van der Waals surface area contributed by atoms with E-state index in [1.165, 1.54) is 16.8 Å². The molecule has 3 nitrogen and oxygen atoms in total. The molecule has 1 aromatic heterocycles. The predicted octanol–water partition coefficient (Wildman–Crippen LogP) is 5.49. The number of rotatable bonds is 5. The molecule has 0 atom stereocenters. The van der Waals surface area contributed by atoms with Crippen molar-refractivity contribution in [2.75, 3.05) is 6.26 Å². The Bertz CT molecular complexity index is 1170. The monoisotopic (exact) mass is 402 g/mol. The topological polar surface area (TPSA) is 34.9 Å². The number of benzene rings is 3. The maximum atomic E-state index is 13.4. The fraction of sp³-hybridized carbons (Fsp3) is 0.0833. The Hall–Kier alpha value is -3.18. The number of hydrogen-bond acceptors (Lipinski definition) is 3. The molecule has 0 aliphatic carbocycles. The van der Waals surface area contributed by atoms with E-state index in [-0.39, 0.29) is 11.4 Å². The number of thioether (sulfide) groups is 1. The molecule has 5 heteroatoms. The summed E-state index contributed by atoms with van der Waals surface area (Å²) >= 11 is 1.66. The molecular formula is C24H19FN2OS. The summed E-state index contributed by atoms with van der Waals surface area (Å²) in [5.74, 6) is -0.315. The summed E-state index contributed by atoms with van der Waals surface area (Å²) in [5, 5.41) is 4.70. The third-order valence-corrected chi connectivity index (χ3v) is 5.44. The predicted molar refractivity (Wildman–Crippen MR) is 117 cm³/mol. The van der Waals surface area contributed by atoms with Crippen LogP contribution in [-0.2, 0) is 6.54 Å². The van der Waals surface area contributed by atoms with Gasteiger partial charge in [-0.3, -0.25) is 4.79 Å². The van der Waals surface area contributed by atoms with E-state index in [1.54, 1.807) is 30.0 Å². The lowest BCUT2D eigenvalue weighted by Gasteiger charge is -2.13. The van der Waals surface area contributed by atoms with Crippen molar-refractivity contribution in [1.82, 2.24) is 9.78 Å². The van der Waals surface area contributed by atoms with Gasteiger partial charge < -0.3 is 0 Å². The van der Waals surface area contributed by atoms with E-state index in [9.17, 15) is 9.18 Å². The van der Waals surface area contributed by atoms with Gasteiger partial charge in [-0.15, -0.1) is 11.8 Å². The maximum absolute atomic E-state index is 13.4. The van der Waals surface area contributed by atoms with Gasteiger partial charge in [0.15, 0.2) is 0 Å². The Balaban J connectivity index is 1.86. The zero-order valence-electron chi connectivity index (χ0n) is 15.9. The molecule has 0 aliphatic rings. The first-order chi connectivity index (χ1) is 14.1. The summed E-state index contributed by atoms with van der Waals surface area (Å²) < 4.78 is 14.9. The van der Waals surface area contributed by atoms with Crippen molar-refractivity contribution in [3.63, 3.8) is 0 Å². The summed E-state index contributed by atoms with van der Waals surface area (Å²) in [4.78, 5) is 13.9. The summed E-state index contributed by atoms with van der Waals surface area (Å²) in [7, 11) is 0. The van der Waals surface area contributed by atoms with Crippen LogP contribution in [0.2, 0.25) is 0 Å². The molecule has 4 rings (SSSR count). The molecule has 0 amide bonds. The number of halogens is 1. The van der Waals surface area contributed by atoms with Crippen molar-refractivity contribution in [3.8, 4) is 22.4 Å². The van der Waals surface area contributed by atoms with E-state index in [4.69, 9.17) is 5.10 Å². The van der Waals surface area contributed by atoms with Crippen LogP contribution in [0.5, 0.6) is 0 Å².